The Hall–Kier alpha value is -4.12. The van der Waals surface area contributed by atoms with Gasteiger partial charge < -0.3 is 9.84 Å². The summed E-state index contributed by atoms with van der Waals surface area (Å²) in [5.41, 5.74) is -0.630. The van der Waals surface area contributed by atoms with Crippen molar-refractivity contribution < 1.29 is 33.9 Å². The van der Waals surface area contributed by atoms with Gasteiger partial charge in [0.25, 0.3) is 5.69 Å². The molecule has 1 saturated carbocycles. The molecule has 11 heteroatoms. The van der Waals surface area contributed by atoms with Crippen LogP contribution in [0, 0.1) is 22.0 Å². The summed E-state index contributed by atoms with van der Waals surface area (Å²) in [6, 6.07) is 10.8. The van der Waals surface area contributed by atoms with Gasteiger partial charge in [-0.2, -0.15) is 0 Å². The summed E-state index contributed by atoms with van der Waals surface area (Å²) < 4.78 is 4.76. The number of likely N-dealkylation sites (tertiary alicyclic amines) is 1. The molecule has 2 aromatic carbocycles. The Kier molecular flexibility index (Phi) is 6.94. The van der Waals surface area contributed by atoms with Crippen molar-refractivity contribution in [3.63, 3.8) is 0 Å². The molecule has 204 valence electrons. The molecule has 0 spiro atoms. The minimum absolute atomic E-state index is 0.139. The number of carboxylic acids is 1. The van der Waals surface area contributed by atoms with Crippen molar-refractivity contribution in [2.24, 2.45) is 11.8 Å². The lowest BCUT2D eigenvalue weighted by Gasteiger charge is -2.34. The molecule has 0 radical (unpaired) electrons. The zero-order chi connectivity index (χ0) is 27.9. The summed E-state index contributed by atoms with van der Waals surface area (Å²) in [5, 5.41) is 24.9. The number of amides is 2. The first-order chi connectivity index (χ1) is 18.7. The number of carbonyl (C=O) groups is 4. The highest BCUT2D eigenvalue weighted by molar-refractivity contribution is 6.09. The van der Waals surface area contributed by atoms with Crippen LogP contribution in [0.3, 0.4) is 0 Å². The van der Waals surface area contributed by atoms with Crippen molar-refractivity contribution in [1.29, 1.82) is 0 Å². The van der Waals surface area contributed by atoms with Crippen LogP contribution in [-0.4, -0.2) is 57.4 Å². The lowest BCUT2D eigenvalue weighted by molar-refractivity contribution is -0.384. The highest BCUT2D eigenvalue weighted by atomic mass is 16.6. The van der Waals surface area contributed by atoms with E-state index in [4.69, 9.17) is 4.74 Å². The summed E-state index contributed by atoms with van der Waals surface area (Å²) in [6.45, 7) is 0. The Bertz CT molecular complexity index is 1320. The van der Waals surface area contributed by atoms with E-state index in [2.05, 4.69) is 5.32 Å². The number of benzene rings is 2. The van der Waals surface area contributed by atoms with Crippen molar-refractivity contribution in [3.05, 3.63) is 75.3 Å². The molecule has 4 atom stereocenters. The molecular formula is C28H29N3O8. The molecule has 0 bridgehead atoms. The monoisotopic (exact) mass is 535 g/mol. The van der Waals surface area contributed by atoms with E-state index < -0.39 is 52.1 Å². The summed E-state index contributed by atoms with van der Waals surface area (Å²) >= 11 is 0. The van der Waals surface area contributed by atoms with Gasteiger partial charge in [-0.3, -0.25) is 34.7 Å². The molecule has 2 saturated heterocycles. The maximum absolute atomic E-state index is 14.0. The standard InChI is InChI=1S/C28H29N3O8/c1-39-26(34)18-11-9-17(10-12-18)23-21-22(25(33)30(24(21)32)19-5-3-2-4-6-19)28(29-23,27(35)36)15-16-7-13-20(14-8-16)31(37)38/h7-14,19,21-23,29H,2-6,15H2,1H3,(H,35,36). The molecular weight excluding hydrogens is 506 g/mol. The van der Waals surface area contributed by atoms with Crippen LogP contribution in [0.1, 0.15) is 59.6 Å². The van der Waals surface area contributed by atoms with Gasteiger partial charge in [0.05, 0.1) is 29.4 Å². The third kappa shape index (κ3) is 4.46. The van der Waals surface area contributed by atoms with E-state index in [-0.39, 0.29) is 18.2 Å². The molecule has 4 unspecified atom stereocenters. The Labute approximate surface area is 224 Å². The van der Waals surface area contributed by atoms with Crippen molar-refractivity contribution in [2.45, 2.75) is 56.1 Å². The molecule has 2 aliphatic heterocycles. The van der Waals surface area contributed by atoms with Gasteiger partial charge in [0.2, 0.25) is 11.8 Å². The fourth-order valence-electron chi connectivity index (χ4n) is 6.45. The number of hydrogen-bond donors (Lipinski definition) is 2. The number of nitro benzene ring substituents is 1. The number of hydrogen-bond acceptors (Lipinski definition) is 8. The molecule has 3 fully saturated rings. The van der Waals surface area contributed by atoms with Gasteiger partial charge in [0.1, 0.15) is 5.54 Å². The molecule has 2 aromatic rings. The minimum atomic E-state index is -1.83. The summed E-state index contributed by atoms with van der Waals surface area (Å²) in [5.74, 6) is -4.84. The number of esters is 1. The number of carbonyl (C=O) groups excluding carboxylic acids is 3. The van der Waals surface area contributed by atoms with Gasteiger partial charge in [-0.15, -0.1) is 0 Å². The van der Waals surface area contributed by atoms with Crippen LogP contribution in [0.15, 0.2) is 48.5 Å². The molecule has 1 aliphatic carbocycles. The van der Waals surface area contributed by atoms with Crippen LogP contribution >= 0.6 is 0 Å². The average molecular weight is 536 g/mol. The van der Waals surface area contributed by atoms with Crippen molar-refractivity contribution in [3.8, 4) is 0 Å². The normalized spacial score (nSPS) is 26.9. The number of nitro groups is 1. The Morgan fingerprint density at radius 2 is 1.69 bits per heavy atom. The second kappa shape index (κ2) is 10.2. The lowest BCUT2D eigenvalue weighted by atomic mass is 9.76. The number of imide groups is 1. The van der Waals surface area contributed by atoms with Gasteiger partial charge in [-0.25, -0.2) is 4.79 Å². The Balaban J connectivity index is 1.57. The number of nitrogens with zero attached hydrogens (tertiary/aromatic N) is 2. The van der Waals surface area contributed by atoms with E-state index in [1.165, 1.54) is 48.4 Å². The third-order valence-electron chi connectivity index (χ3n) is 8.33. The zero-order valence-electron chi connectivity index (χ0n) is 21.4. The smallest absolute Gasteiger partial charge is 0.337 e. The molecule has 3 aliphatic rings. The maximum atomic E-state index is 14.0. The summed E-state index contributed by atoms with van der Waals surface area (Å²) in [7, 11) is 1.27. The topological polar surface area (TPSA) is 156 Å². The molecule has 2 amide bonds. The maximum Gasteiger partial charge on any atom is 0.337 e. The van der Waals surface area contributed by atoms with Gasteiger partial charge in [-0.05, 0) is 36.1 Å². The van der Waals surface area contributed by atoms with E-state index in [1.54, 1.807) is 12.1 Å². The predicted molar refractivity (Wildman–Crippen MR) is 137 cm³/mol. The number of aliphatic carboxylic acids is 1. The highest BCUT2D eigenvalue weighted by Gasteiger charge is 2.69. The van der Waals surface area contributed by atoms with Gasteiger partial charge in [-0.1, -0.05) is 43.5 Å². The van der Waals surface area contributed by atoms with Crippen molar-refractivity contribution in [1.82, 2.24) is 10.2 Å². The van der Waals surface area contributed by atoms with E-state index in [0.717, 1.165) is 19.3 Å². The quantitative estimate of drug-likeness (QED) is 0.235. The van der Waals surface area contributed by atoms with Crippen LogP contribution in [0.2, 0.25) is 0 Å². The van der Waals surface area contributed by atoms with Crippen LogP contribution in [-0.2, 0) is 25.5 Å². The fraction of sp³-hybridized carbons (Fsp3) is 0.429. The first kappa shape index (κ1) is 26.5. The third-order valence-corrected chi connectivity index (χ3v) is 8.33. The minimum Gasteiger partial charge on any atom is -0.480 e. The molecule has 0 aromatic heterocycles. The number of ether oxygens (including phenoxy) is 1. The Morgan fingerprint density at radius 3 is 2.26 bits per heavy atom. The Morgan fingerprint density at radius 1 is 1.05 bits per heavy atom. The number of carboxylic acid groups (broad SMARTS) is 1. The summed E-state index contributed by atoms with van der Waals surface area (Å²) in [4.78, 5) is 64.7. The molecule has 5 rings (SSSR count). The number of rotatable bonds is 7. The molecule has 11 nitrogen and oxygen atoms in total. The first-order valence-corrected chi connectivity index (χ1v) is 13.0. The van der Waals surface area contributed by atoms with Crippen LogP contribution in [0.5, 0.6) is 0 Å². The van der Waals surface area contributed by atoms with Crippen molar-refractivity contribution in [2.75, 3.05) is 7.11 Å². The van der Waals surface area contributed by atoms with Crippen molar-refractivity contribution >= 4 is 29.4 Å². The second-order valence-electron chi connectivity index (χ2n) is 10.5. The van der Waals surface area contributed by atoms with E-state index in [0.29, 0.717) is 29.5 Å². The lowest BCUT2D eigenvalue weighted by Crippen LogP contribution is -2.58. The first-order valence-electron chi connectivity index (χ1n) is 13.0. The average Bonchev–Trinajstić information content (AvgIpc) is 3.42. The van der Waals surface area contributed by atoms with Crippen LogP contribution in [0.4, 0.5) is 5.69 Å². The second-order valence-corrected chi connectivity index (χ2v) is 10.5. The van der Waals surface area contributed by atoms with Gasteiger partial charge in [0.15, 0.2) is 0 Å². The SMILES string of the molecule is COC(=O)c1ccc(C2NC(Cc3ccc([N+](=O)[O-])cc3)(C(=O)O)C3C(=O)N(C4CCCCC4)C(=O)C23)cc1. The predicted octanol–water partition coefficient (Wildman–Crippen LogP) is 3.03. The number of methoxy groups -OCH3 is 1. The van der Waals surface area contributed by atoms with E-state index in [9.17, 15) is 34.4 Å². The fourth-order valence-corrected chi connectivity index (χ4v) is 6.45. The number of fused-ring (bicyclic) bond motifs is 1. The van der Waals surface area contributed by atoms with Crippen LogP contribution < -0.4 is 5.32 Å². The zero-order valence-corrected chi connectivity index (χ0v) is 21.4. The van der Waals surface area contributed by atoms with E-state index in [1.807, 2.05) is 0 Å². The van der Waals surface area contributed by atoms with Gasteiger partial charge >= 0.3 is 11.9 Å². The number of non-ortho nitro benzene ring substituents is 1. The van der Waals surface area contributed by atoms with Gasteiger partial charge in [0, 0.05) is 30.6 Å². The summed E-state index contributed by atoms with van der Waals surface area (Å²) in [6.07, 6.45) is 4.02. The molecule has 2 N–H and O–H groups in total. The largest absolute Gasteiger partial charge is 0.480 e. The highest BCUT2D eigenvalue weighted by Crippen LogP contribution is 2.51. The van der Waals surface area contributed by atoms with E-state index >= 15 is 0 Å². The number of nitrogens with one attached hydrogen (secondary N) is 1. The molecule has 2 heterocycles. The van der Waals surface area contributed by atoms with Crippen LogP contribution in [0.25, 0.3) is 0 Å². The molecule has 39 heavy (non-hydrogen) atoms.